The normalized spacial score (nSPS) is 16.5. The summed E-state index contributed by atoms with van der Waals surface area (Å²) in [5.74, 6) is 0. The zero-order valence-electron chi connectivity index (χ0n) is 13.5. The molecule has 1 saturated heterocycles. The van der Waals surface area contributed by atoms with Gasteiger partial charge in [-0.3, -0.25) is 4.90 Å². The van der Waals surface area contributed by atoms with Crippen LogP contribution in [0.25, 0.3) is 0 Å². The van der Waals surface area contributed by atoms with E-state index in [0.717, 1.165) is 32.5 Å². The average Bonchev–Trinajstić information content (AvgIpc) is 2.56. The molecular weight excluding hydrogens is 280 g/mol. The Kier molecular flexibility index (Phi) is 6.68. The highest BCUT2D eigenvalue weighted by atomic mass is 16.6. The van der Waals surface area contributed by atoms with Gasteiger partial charge in [-0.25, -0.2) is 4.79 Å². The summed E-state index contributed by atoms with van der Waals surface area (Å²) in [6, 6.07) is 10.8. The van der Waals surface area contributed by atoms with Crippen LogP contribution in [0.4, 0.5) is 4.79 Å². The highest BCUT2D eigenvalue weighted by Gasteiger charge is 2.26. The van der Waals surface area contributed by atoms with Gasteiger partial charge in [-0.05, 0) is 18.4 Å². The van der Waals surface area contributed by atoms with Gasteiger partial charge in [0.2, 0.25) is 0 Å². The average molecular weight is 306 g/mol. The summed E-state index contributed by atoms with van der Waals surface area (Å²) in [4.78, 5) is 16.1. The molecule has 1 aromatic carbocycles. The smallest absolute Gasteiger partial charge is 0.409 e. The van der Waals surface area contributed by atoms with E-state index in [2.05, 4.69) is 29.2 Å². The molecule has 1 aliphatic heterocycles. The van der Waals surface area contributed by atoms with E-state index in [1.165, 1.54) is 5.56 Å². The molecule has 1 aromatic rings. The molecule has 0 aliphatic carbocycles. The zero-order valence-corrected chi connectivity index (χ0v) is 13.5. The number of likely N-dealkylation sites (tertiary alicyclic amines) is 1. The van der Waals surface area contributed by atoms with Crippen LogP contribution in [0.1, 0.15) is 18.4 Å². The molecule has 0 bridgehead atoms. The monoisotopic (exact) mass is 306 g/mol. The van der Waals surface area contributed by atoms with Gasteiger partial charge in [0.1, 0.15) is 6.61 Å². The Bertz CT molecular complexity index is 444. The Labute approximate surface area is 132 Å². The molecule has 0 radical (unpaired) electrons. The zero-order chi connectivity index (χ0) is 15.8. The van der Waals surface area contributed by atoms with Crippen molar-refractivity contribution >= 4 is 6.09 Å². The second-order valence-electron chi connectivity index (χ2n) is 5.71. The van der Waals surface area contributed by atoms with Crippen LogP contribution in [-0.4, -0.2) is 62.4 Å². The number of hydrogen-bond acceptors (Lipinski definition) is 4. The number of hydrogen-bond donors (Lipinski definition) is 0. The van der Waals surface area contributed by atoms with Crippen LogP contribution < -0.4 is 0 Å². The lowest BCUT2D eigenvalue weighted by Gasteiger charge is -2.36. The van der Waals surface area contributed by atoms with Crippen LogP contribution in [0.15, 0.2) is 30.3 Å². The standard InChI is InChI=1S/C17H26N2O3/c1-18(17(20)22-13-12-21-2)16-8-10-19(11-9-16)14-15-6-4-3-5-7-15/h3-7,16H,8-14H2,1-2H3. The fourth-order valence-electron chi connectivity index (χ4n) is 2.77. The van der Waals surface area contributed by atoms with Crippen LogP contribution in [0, 0.1) is 0 Å². The quantitative estimate of drug-likeness (QED) is 0.757. The lowest BCUT2D eigenvalue weighted by atomic mass is 10.0. The summed E-state index contributed by atoms with van der Waals surface area (Å²) in [7, 11) is 3.42. The predicted octanol–water partition coefficient (Wildman–Crippen LogP) is 2.37. The first kappa shape index (κ1) is 16.8. The molecule has 2 rings (SSSR count). The van der Waals surface area contributed by atoms with Crippen LogP contribution in [0.3, 0.4) is 0 Å². The van der Waals surface area contributed by atoms with Crippen molar-refractivity contribution in [2.75, 3.05) is 40.5 Å². The molecule has 22 heavy (non-hydrogen) atoms. The SMILES string of the molecule is COCCOC(=O)N(C)C1CCN(Cc2ccccc2)CC1. The number of ether oxygens (including phenoxy) is 2. The van der Waals surface area contributed by atoms with E-state index in [1.54, 1.807) is 12.0 Å². The Morgan fingerprint density at radius 3 is 2.55 bits per heavy atom. The fraction of sp³-hybridized carbons (Fsp3) is 0.588. The van der Waals surface area contributed by atoms with Crippen molar-refractivity contribution in [1.29, 1.82) is 0 Å². The molecule has 0 aromatic heterocycles. The predicted molar refractivity (Wildman–Crippen MR) is 85.7 cm³/mol. The number of carbonyl (C=O) groups is 1. The number of nitrogens with zero attached hydrogens (tertiary/aromatic N) is 2. The number of carbonyl (C=O) groups excluding carboxylic acids is 1. The lowest BCUT2D eigenvalue weighted by Crippen LogP contribution is -2.45. The second-order valence-corrected chi connectivity index (χ2v) is 5.71. The highest BCUT2D eigenvalue weighted by molar-refractivity contribution is 5.67. The van der Waals surface area contributed by atoms with Gasteiger partial charge in [-0.2, -0.15) is 0 Å². The molecular formula is C17H26N2O3. The van der Waals surface area contributed by atoms with Crippen molar-refractivity contribution in [2.24, 2.45) is 0 Å². The molecule has 5 nitrogen and oxygen atoms in total. The minimum absolute atomic E-state index is 0.251. The van der Waals surface area contributed by atoms with Crippen molar-refractivity contribution < 1.29 is 14.3 Å². The number of piperidine rings is 1. The van der Waals surface area contributed by atoms with E-state index in [0.29, 0.717) is 13.2 Å². The maximum Gasteiger partial charge on any atom is 0.409 e. The molecule has 1 fully saturated rings. The minimum Gasteiger partial charge on any atom is -0.447 e. The van der Waals surface area contributed by atoms with Crippen molar-refractivity contribution in [3.8, 4) is 0 Å². The van der Waals surface area contributed by atoms with E-state index in [1.807, 2.05) is 13.1 Å². The minimum atomic E-state index is -0.251. The molecule has 1 amide bonds. The Morgan fingerprint density at radius 1 is 1.23 bits per heavy atom. The van der Waals surface area contributed by atoms with E-state index in [4.69, 9.17) is 9.47 Å². The summed E-state index contributed by atoms with van der Waals surface area (Å²) < 4.78 is 10.1. The van der Waals surface area contributed by atoms with Gasteiger partial charge in [0, 0.05) is 39.8 Å². The Balaban J connectivity index is 1.73. The largest absolute Gasteiger partial charge is 0.447 e. The Morgan fingerprint density at radius 2 is 1.91 bits per heavy atom. The molecule has 0 spiro atoms. The third-order valence-corrected chi connectivity index (χ3v) is 4.15. The fourth-order valence-corrected chi connectivity index (χ4v) is 2.77. The molecule has 122 valence electrons. The maximum absolute atomic E-state index is 11.9. The molecule has 0 saturated carbocycles. The van der Waals surface area contributed by atoms with Crippen LogP contribution >= 0.6 is 0 Å². The molecule has 1 aliphatic rings. The Hall–Kier alpha value is -1.59. The van der Waals surface area contributed by atoms with Crippen LogP contribution in [0.2, 0.25) is 0 Å². The highest BCUT2D eigenvalue weighted by Crippen LogP contribution is 2.18. The summed E-state index contributed by atoms with van der Waals surface area (Å²) >= 11 is 0. The summed E-state index contributed by atoms with van der Waals surface area (Å²) in [5, 5.41) is 0. The first-order valence-corrected chi connectivity index (χ1v) is 7.85. The van der Waals surface area contributed by atoms with Gasteiger partial charge in [0.15, 0.2) is 0 Å². The number of benzene rings is 1. The maximum atomic E-state index is 11.9. The first-order valence-electron chi connectivity index (χ1n) is 7.85. The third-order valence-electron chi connectivity index (χ3n) is 4.15. The van der Waals surface area contributed by atoms with E-state index in [-0.39, 0.29) is 12.1 Å². The van der Waals surface area contributed by atoms with E-state index in [9.17, 15) is 4.79 Å². The second kappa shape index (κ2) is 8.76. The van der Waals surface area contributed by atoms with Gasteiger partial charge in [0.25, 0.3) is 0 Å². The van der Waals surface area contributed by atoms with Crippen molar-refractivity contribution in [1.82, 2.24) is 9.80 Å². The van der Waals surface area contributed by atoms with Crippen LogP contribution in [-0.2, 0) is 16.0 Å². The van der Waals surface area contributed by atoms with Gasteiger partial charge in [-0.15, -0.1) is 0 Å². The van der Waals surface area contributed by atoms with Crippen molar-refractivity contribution in [2.45, 2.75) is 25.4 Å². The number of amides is 1. The lowest BCUT2D eigenvalue weighted by molar-refractivity contribution is 0.0562. The number of methoxy groups -OCH3 is 1. The molecule has 0 atom stereocenters. The van der Waals surface area contributed by atoms with Gasteiger partial charge in [-0.1, -0.05) is 30.3 Å². The molecule has 0 unspecified atom stereocenters. The first-order chi connectivity index (χ1) is 10.7. The third kappa shape index (κ3) is 5.00. The summed E-state index contributed by atoms with van der Waals surface area (Å²) in [6.07, 6.45) is 1.73. The van der Waals surface area contributed by atoms with E-state index >= 15 is 0 Å². The van der Waals surface area contributed by atoms with Crippen molar-refractivity contribution in [3.63, 3.8) is 0 Å². The van der Waals surface area contributed by atoms with Gasteiger partial charge < -0.3 is 14.4 Å². The molecule has 1 heterocycles. The molecule has 0 N–H and O–H groups in total. The topological polar surface area (TPSA) is 42.0 Å². The van der Waals surface area contributed by atoms with E-state index < -0.39 is 0 Å². The summed E-state index contributed by atoms with van der Waals surface area (Å²) in [5.41, 5.74) is 1.34. The molecule has 5 heteroatoms. The summed E-state index contributed by atoms with van der Waals surface area (Å²) in [6.45, 7) is 3.75. The number of rotatable bonds is 6. The van der Waals surface area contributed by atoms with Gasteiger partial charge in [0.05, 0.1) is 6.61 Å². The van der Waals surface area contributed by atoms with Gasteiger partial charge >= 0.3 is 6.09 Å². The van der Waals surface area contributed by atoms with Crippen LogP contribution in [0.5, 0.6) is 0 Å². The van der Waals surface area contributed by atoms with Crippen molar-refractivity contribution in [3.05, 3.63) is 35.9 Å².